The lowest BCUT2D eigenvalue weighted by molar-refractivity contribution is 0.405. The molecule has 0 spiro atoms. The molecule has 33 heavy (non-hydrogen) atoms. The molecule has 0 bridgehead atoms. The fraction of sp³-hybridized carbons (Fsp3) is 0.261. The predicted octanol–water partition coefficient (Wildman–Crippen LogP) is 4.57. The molecule has 174 valence electrons. The highest BCUT2D eigenvalue weighted by Gasteiger charge is 2.19. The maximum Gasteiger partial charge on any atom is 0.171 e. The SMILES string of the molecule is COc1ccc(N2C=NCC2)cc1-c1cc(-c2cc(N3C=NCC3)ccc2OC)on1.Cl.Cl. The normalized spacial score (nSPS) is 14.2. The molecule has 0 radical (unpaired) electrons. The van der Waals surface area contributed by atoms with Crippen molar-refractivity contribution in [1.29, 1.82) is 0 Å². The minimum Gasteiger partial charge on any atom is -0.496 e. The smallest absolute Gasteiger partial charge is 0.171 e. The quantitative estimate of drug-likeness (QED) is 0.504. The second-order valence-corrected chi connectivity index (χ2v) is 7.28. The van der Waals surface area contributed by atoms with Gasteiger partial charge >= 0.3 is 0 Å². The molecule has 10 heteroatoms. The molecule has 0 atom stereocenters. The number of hydrogen-bond acceptors (Lipinski definition) is 8. The number of methoxy groups -OCH3 is 2. The standard InChI is InChI=1S/C23H23N5O3.2ClH/c1-29-21-5-3-16(27-9-7-24-14-27)11-18(21)20-13-23(31-26-20)19-12-17(4-6-22(19)30-2)28-10-8-25-15-28;;/h3-6,11-15H,7-10H2,1-2H3;2*1H. The van der Waals surface area contributed by atoms with Gasteiger partial charge in [-0.2, -0.15) is 0 Å². The molecule has 0 unspecified atom stereocenters. The van der Waals surface area contributed by atoms with Crippen LogP contribution in [-0.2, 0) is 0 Å². The van der Waals surface area contributed by atoms with Crippen molar-refractivity contribution in [1.82, 2.24) is 5.16 Å². The number of aliphatic imine (C=N–C) groups is 2. The zero-order valence-corrected chi connectivity index (χ0v) is 19.9. The molecule has 0 N–H and O–H groups in total. The van der Waals surface area contributed by atoms with Crippen LogP contribution < -0.4 is 19.3 Å². The average molecular weight is 490 g/mol. The number of aromatic nitrogens is 1. The van der Waals surface area contributed by atoms with Crippen molar-refractivity contribution in [2.75, 3.05) is 50.2 Å². The van der Waals surface area contributed by atoms with E-state index in [0.717, 1.165) is 60.2 Å². The Bertz CT molecular complexity index is 1080. The molecule has 3 aromatic rings. The van der Waals surface area contributed by atoms with E-state index >= 15 is 0 Å². The van der Waals surface area contributed by atoms with Gasteiger partial charge in [-0.3, -0.25) is 9.98 Å². The van der Waals surface area contributed by atoms with Crippen molar-refractivity contribution in [2.24, 2.45) is 9.98 Å². The van der Waals surface area contributed by atoms with Crippen molar-refractivity contribution in [3.63, 3.8) is 0 Å². The molecule has 0 fully saturated rings. The summed E-state index contributed by atoms with van der Waals surface area (Å²) in [6.45, 7) is 3.32. The van der Waals surface area contributed by atoms with Gasteiger partial charge in [0.15, 0.2) is 5.76 Å². The topological polar surface area (TPSA) is 75.7 Å². The number of benzene rings is 2. The van der Waals surface area contributed by atoms with Crippen molar-refractivity contribution in [2.45, 2.75) is 0 Å². The first-order chi connectivity index (χ1) is 15.3. The first kappa shape index (κ1) is 24.4. The summed E-state index contributed by atoms with van der Waals surface area (Å²) in [5.41, 5.74) is 4.45. The molecule has 5 rings (SSSR count). The Kier molecular flexibility index (Phi) is 7.84. The van der Waals surface area contributed by atoms with Crippen LogP contribution in [0.3, 0.4) is 0 Å². The number of anilines is 2. The van der Waals surface area contributed by atoms with E-state index in [4.69, 9.17) is 14.0 Å². The largest absolute Gasteiger partial charge is 0.496 e. The van der Waals surface area contributed by atoms with Gasteiger partial charge in [-0.25, -0.2) is 0 Å². The summed E-state index contributed by atoms with van der Waals surface area (Å²) in [4.78, 5) is 12.8. The first-order valence-electron chi connectivity index (χ1n) is 10.1. The Hall–Kier alpha value is -3.23. The van der Waals surface area contributed by atoms with Crippen molar-refractivity contribution < 1.29 is 14.0 Å². The van der Waals surface area contributed by atoms with E-state index in [0.29, 0.717) is 11.5 Å². The summed E-state index contributed by atoms with van der Waals surface area (Å²) in [7, 11) is 3.30. The molecule has 2 aliphatic heterocycles. The molecule has 0 amide bonds. The van der Waals surface area contributed by atoms with Crippen LogP contribution in [0.4, 0.5) is 11.4 Å². The molecular weight excluding hydrogens is 465 g/mol. The average Bonchev–Trinajstić information content (AvgIpc) is 3.60. The van der Waals surface area contributed by atoms with Crippen molar-refractivity contribution >= 4 is 48.9 Å². The van der Waals surface area contributed by atoms with Crippen LogP contribution in [0.25, 0.3) is 22.6 Å². The van der Waals surface area contributed by atoms with Gasteiger partial charge in [-0.1, -0.05) is 5.16 Å². The number of rotatable bonds is 6. The summed E-state index contributed by atoms with van der Waals surface area (Å²) in [6.07, 6.45) is 3.72. The van der Waals surface area contributed by atoms with Crippen LogP contribution in [0.5, 0.6) is 11.5 Å². The number of nitrogens with zero attached hydrogens (tertiary/aromatic N) is 5. The van der Waals surface area contributed by atoms with Crippen LogP contribution >= 0.6 is 24.8 Å². The molecule has 8 nitrogen and oxygen atoms in total. The van der Waals surface area contributed by atoms with Gasteiger partial charge in [-0.05, 0) is 36.4 Å². The summed E-state index contributed by atoms with van der Waals surface area (Å²) in [5.74, 6) is 2.07. The Morgan fingerprint density at radius 1 is 0.758 bits per heavy atom. The highest BCUT2D eigenvalue weighted by molar-refractivity contribution is 5.86. The van der Waals surface area contributed by atoms with E-state index < -0.39 is 0 Å². The highest BCUT2D eigenvalue weighted by Crippen LogP contribution is 2.38. The minimum absolute atomic E-state index is 0. The van der Waals surface area contributed by atoms with Gasteiger partial charge in [0.1, 0.15) is 17.2 Å². The summed E-state index contributed by atoms with van der Waals surface area (Å²) in [5, 5.41) is 4.34. The Morgan fingerprint density at radius 3 is 1.82 bits per heavy atom. The number of hydrogen-bond donors (Lipinski definition) is 0. The molecule has 0 saturated carbocycles. The van der Waals surface area contributed by atoms with Crippen LogP contribution in [-0.4, -0.2) is 58.2 Å². The maximum atomic E-state index is 5.75. The second kappa shape index (κ2) is 10.6. The minimum atomic E-state index is 0. The Balaban J connectivity index is 0.00000153. The number of halogens is 2. The van der Waals surface area contributed by atoms with Crippen molar-refractivity contribution in [3.05, 3.63) is 42.5 Å². The first-order valence-corrected chi connectivity index (χ1v) is 10.1. The third kappa shape index (κ3) is 4.77. The van der Waals surface area contributed by atoms with Gasteiger partial charge in [0.25, 0.3) is 0 Å². The maximum absolute atomic E-state index is 5.75. The van der Waals surface area contributed by atoms with Gasteiger partial charge in [-0.15, -0.1) is 24.8 Å². The molecule has 1 aromatic heterocycles. The Labute approximate surface area is 204 Å². The van der Waals surface area contributed by atoms with Crippen LogP contribution in [0, 0.1) is 0 Å². The monoisotopic (exact) mass is 489 g/mol. The lowest BCUT2D eigenvalue weighted by Gasteiger charge is -2.16. The van der Waals surface area contributed by atoms with E-state index in [2.05, 4.69) is 24.9 Å². The fourth-order valence-corrected chi connectivity index (χ4v) is 3.82. The van der Waals surface area contributed by atoms with Crippen molar-refractivity contribution in [3.8, 4) is 34.1 Å². The highest BCUT2D eigenvalue weighted by atomic mass is 35.5. The third-order valence-corrected chi connectivity index (χ3v) is 5.46. The zero-order chi connectivity index (χ0) is 21.2. The molecule has 2 aromatic carbocycles. The van der Waals surface area contributed by atoms with Crippen LogP contribution in [0.1, 0.15) is 0 Å². The zero-order valence-electron chi connectivity index (χ0n) is 18.3. The third-order valence-electron chi connectivity index (χ3n) is 5.46. The van der Waals surface area contributed by atoms with E-state index in [9.17, 15) is 0 Å². The Morgan fingerprint density at radius 2 is 1.30 bits per heavy atom. The van der Waals surface area contributed by atoms with Crippen LogP contribution in [0.15, 0.2) is 57.0 Å². The van der Waals surface area contributed by atoms with E-state index in [-0.39, 0.29) is 24.8 Å². The van der Waals surface area contributed by atoms with E-state index in [1.807, 2.05) is 55.1 Å². The lowest BCUT2D eigenvalue weighted by atomic mass is 10.1. The molecule has 3 heterocycles. The lowest BCUT2D eigenvalue weighted by Crippen LogP contribution is -2.18. The summed E-state index contributed by atoms with van der Waals surface area (Å²) < 4.78 is 16.9. The summed E-state index contributed by atoms with van der Waals surface area (Å²) in [6, 6.07) is 13.9. The van der Waals surface area contributed by atoms with Gasteiger partial charge in [0.2, 0.25) is 0 Å². The predicted molar refractivity (Wildman–Crippen MR) is 136 cm³/mol. The van der Waals surface area contributed by atoms with Crippen LogP contribution in [0.2, 0.25) is 0 Å². The number of ether oxygens (including phenoxy) is 2. The molecule has 0 aliphatic carbocycles. The summed E-state index contributed by atoms with van der Waals surface area (Å²) >= 11 is 0. The second-order valence-electron chi connectivity index (χ2n) is 7.28. The van der Waals surface area contributed by atoms with Gasteiger partial charge < -0.3 is 23.8 Å². The van der Waals surface area contributed by atoms with E-state index in [1.54, 1.807) is 14.2 Å². The molecule has 0 saturated heterocycles. The molecular formula is C23H25Cl2N5O3. The molecule has 2 aliphatic rings. The fourth-order valence-electron chi connectivity index (χ4n) is 3.82. The van der Waals surface area contributed by atoms with Gasteiger partial charge in [0, 0.05) is 36.1 Å². The van der Waals surface area contributed by atoms with Gasteiger partial charge in [0.05, 0.1) is 45.5 Å². The van der Waals surface area contributed by atoms with E-state index in [1.165, 1.54) is 0 Å².